The highest BCUT2D eigenvalue weighted by Crippen LogP contribution is 2.05. The van der Waals surface area contributed by atoms with E-state index >= 15 is 0 Å². The fraction of sp³-hybridized carbons (Fsp3) is 0.964. The molecule has 0 unspecified atom stereocenters. The standard InChI is InChI=1S/C28H56O10/c1-3-5-7-8-9-10-28(29)38-27-26-37-25-24-36-23-22-35-21-20-34-19-18-33-17-16-32-15-14-31-13-12-30-11-6-4-2/h3-27H2,1-2H3. The van der Waals surface area contributed by atoms with E-state index in [0.29, 0.717) is 112 Å². The van der Waals surface area contributed by atoms with E-state index in [1.807, 2.05) is 0 Å². The highest BCUT2D eigenvalue weighted by Gasteiger charge is 2.02. The Morgan fingerprint density at radius 2 is 0.684 bits per heavy atom. The van der Waals surface area contributed by atoms with Gasteiger partial charge in [-0.25, -0.2) is 0 Å². The smallest absolute Gasteiger partial charge is 0.305 e. The quantitative estimate of drug-likeness (QED) is 0.0882. The van der Waals surface area contributed by atoms with Crippen LogP contribution in [0.2, 0.25) is 0 Å². The normalized spacial score (nSPS) is 11.3. The molecule has 0 atom stereocenters. The summed E-state index contributed by atoms with van der Waals surface area (Å²) < 4.78 is 48.6. The monoisotopic (exact) mass is 552 g/mol. The number of rotatable bonds is 33. The number of carbonyl (C=O) groups excluding carboxylic acids is 1. The first-order valence-electron chi connectivity index (χ1n) is 14.6. The summed E-state index contributed by atoms with van der Waals surface area (Å²) in [6, 6.07) is 0. The lowest BCUT2D eigenvalue weighted by atomic mass is 10.1. The van der Waals surface area contributed by atoms with Gasteiger partial charge in [0.05, 0.1) is 99.1 Å². The van der Waals surface area contributed by atoms with E-state index in [1.165, 1.54) is 19.3 Å². The summed E-state index contributed by atoms with van der Waals surface area (Å²) in [6.45, 7) is 13.3. The van der Waals surface area contributed by atoms with E-state index in [-0.39, 0.29) is 5.97 Å². The molecule has 0 N–H and O–H groups in total. The van der Waals surface area contributed by atoms with Crippen LogP contribution < -0.4 is 0 Å². The van der Waals surface area contributed by atoms with Crippen molar-refractivity contribution in [3.63, 3.8) is 0 Å². The van der Waals surface area contributed by atoms with Crippen LogP contribution in [0.25, 0.3) is 0 Å². The average molecular weight is 553 g/mol. The molecule has 0 spiro atoms. The maximum absolute atomic E-state index is 11.6. The Morgan fingerprint density at radius 3 is 1.05 bits per heavy atom. The van der Waals surface area contributed by atoms with Gasteiger partial charge in [0.1, 0.15) is 6.61 Å². The minimum absolute atomic E-state index is 0.142. The van der Waals surface area contributed by atoms with Gasteiger partial charge in [-0.3, -0.25) is 4.79 Å². The molecule has 0 heterocycles. The Bertz CT molecular complexity index is 453. The van der Waals surface area contributed by atoms with Gasteiger partial charge in [-0.15, -0.1) is 0 Å². The molecule has 0 aromatic rings. The van der Waals surface area contributed by atoms with Crippen LogP contribution in [0.4, 0.5) is 0 Å². The number of unbranched alkanes of at least 4 members (excludes halogenated alkanes) is 5. The average Bonchev–Trinajstić information content (AvgIpc) is 2.92. The third kappa shape index (κ3) is 33.2. The van der Waals surface area contributed by atoms with E-state index in [9.17, 15) is 4.79 Å². The van der Waals surface area contributed by atoms with Gasteiger partial charge in [0.25, 0.3) is 0 Å². The molecule has 0 aliphatic heterocycles. The van der Waals surface area contributed by atoms with Crippen LogP contribution >= 0.6 is 0 Å². The zero-order chi connectivity index (χ0) is 27.6. The molecular weight excluding hydrogens is 496 g/mol. The summed E-state index contributed by atoms with van der Waals surface area (Å²) in [5, 5.41) is 0. The Hall–Kier alpha value is -0.850. The molecule has 0 aliphatic rings. The molecule has 0 bridgehead atoms. The van der Waals surface area contributed by atoms with Crippen molar-refractivity contribution in [3.8, 4) is 0 Å². The second kappa shape index (κ2) is 34.2. The van der Waals surface area contributed by atoms with Gasteiger partial charge in [-0.05, 0) is 12.8 Å². The Morgan fingerprint density at radius 1 is 0.368 bits per heavy atom. The lowest BCUT2D eigenvalue weighted by molar-refractivity contribution is -0.145. The maximum atomic E-state index is 11.6. The molecule has 38 heavy (non-hydrogen) atoms. The van der Waals surface area contributed by atoms with Crippen molar-refractivity contribution in [3.05, 3.63) is 0 Å². The van der Waals surface area contributed by atoms with Gasteiger partial charge in [0.15, 0.2) is 0 Å². The molecule has 0 saturated heterocycles. The minimum atomic E-state index is -0.142. The van der Waals surface area contributed by atoms with Crippen molar-refractivity contribution in [1.82, 2.24) is 0 Å². The van der Waals surface area contributed by atoms with Crippen molar-refractivity contribution in [1.29, 1.82) is 0 Å². The van der Waals surface area contributed by atoms with Crippen molar-refractivity contribution < 1.29 is 47.4 Å². The summed E-state index contributed by atoms with van der Waals surface area (Å²) in [4.78, 5) is 11.6. The van der Waals surface area contributed by atoms with E-state index < -0.39 is 0 Å². The highest BCUT2D eigenvalue weighted by atomic mass is 16.6. The first-order chi connectivity index (χ1) is 18.8. The van der Waals surface area contributed by atoms with E-state index in [2.05, 4.69) is 13.8 Å². The van der Waals surface area contributed by atoms with Crippen LogP contribution in [0.3, 0.4) is 0 Å². The molecule has 0 fully saturated rings. The van der Waals surface area contributed by atoms with Crippen LogP contribution in [-0.4, -0.2) is 118 Å². The molecule has 10 nitrogen and oxygen atoms in total. The minimum Gasteiger partial charge on any atom is -0.463 e. The SMILES string of the molecule is CCCCCCCC(=O)OCCOCCOCCOCCOCCOCCOCCOCCOCCCC. The third-order valence-electron chi connectivity index (χ3n) is 5.22. The molecule has 0 saturated carbocycles. The Kier molecular flexibility index (Phi) is 33.4. The number of hydrogen-bond donors (Lipinski definition) is 0. The number of esters is 1. The first-order valence-corrected chi connectivity index (χ1v) is 14.6. The highest BCUT2D eigenvalue weighted by molar-refractivity contribution is 5.69. The van der Waals surface area contributed by atoms with Crippen LogP contribution in [0.1, 0.15) is 65.2 Å². The fourth-order valence-corrected chi connectivity index (χ4v) is 3.05. The van der Waals surface area contributed by atoms with Crippen molar-refractivity contribution >= 4 is 5.97 Å². The molecule has 10 heteroatoms. The lowest BCUT2D eigenvalue weighted by Gasteiger charge is -2.09. The van der Waals surface area contributed by atoms with Crippen molar-refractivity contribution in [2.75, 3.05) is 112 Å². The van der Waals surface area contributed by atoms with Crippen molar-refractivity contribution in [2.24, 2.45) is 0 Å². The summed E-state index contributed by atoms with van der Waals surface area (Å²) in [5.41, 5.74) is 0. The molecule has 0 aromatic carbocycles. The Balaban J connectivity index is 3.08. The van der Waals surface area contributed by atoms with Gasteiger partial charge < -0.3 is 42.6 Å². The van der Waals surface area contributed by atoms with E-state index in [4.69, 9.17) is 42.6 Å². The van der Waals surface area contributed by atoms with E-state index in [1.54, 1.807) is 0 Å². The predicted molar refractivity (Wildman–Crippen MR) is 146 cm³/mol. The summed E-state index contributed by atoms with van der Waals surface area (Å²) in [5.74, 6) is -0.142. The van der Waals surface area contributed by atoms with Crippen molar-refractivity contribution in [2.45, 2.75) is 65.2 Å². The molecule has 0 rings (SSSR count). The maximum Gasteiger partial charge on any atom is 0.305 e. The van der Waals surface area contributed by atoms with Gasteiger partial charge in [0, 0.05) is 13.0 Å². The number of hydrogen-bond acceptors (Lipinski definition) is 10. The van der Waals surface area contributed by atoms with Gasteiger partial charge in [-0.1, -0.05) is 46.0 Å². The third-order valence-corrected chi connectivity index (χ3v) is 5.22. The van der Waals surface area contributed by atoms with Crippen LogP contribution in [0, 0.1) is 0 Å². The molecule has 228 valence electrons. The van der Waals surface area contributed by atoms with Crippen LogP contribution in [-0.2, 0) is 47.4 Å². The first kappa shape index (κ1) is 37.1. The molecule has 0 aromatic heterocycles. The number of ether oxygens (including phenoxy) is 9. The molecule has 0 amide bonds. The second-order valence-electron chi connectivity index (χ2n) is 8.64. The lowest BCUT2D eigenvalue weighted by Crippen LogP contribution is -2.15. The second-order valence-corrected chi connectivity index (χ2v) is 8.64. The predicted octanol–water partition coefficient (Wildman–Crippen LogP) is 3.82. The Labute approximate surface area is 231 Å². The number of carbonyl (C=O) groups is 1. The molecular formula is C28H56O10. The topological polar surface area (TPSA) is 100 Å². The van der Waals surface area contributed by atoms with Crippen LogP contribution in [0.5, 0.6) is 0 Å². The van der Waals surface area contributed by atoms with Gasteiger partial charge >= 0.3 is 5.97 Å². The molecule has 0 aliphatic carbocycles. The zero-order valence-electron chi connectivity index (χ0n) is 24.3. The van der Waals surface area contributed by atoms with E-state index in [0.717, 1.165) is 32.3 Å². The van der Waals surface area contributed by atoms with Gasteiger partial charge in [-0.2, -0.15) is 0 Å². The summed E-state index contributed by atoms with van der Waals surface area (Å²) in [6.07, 6.45) is 8.35. The molecule has 0 radical (unpaired) electrons. The largest absolute Gasteiger partial charge is 0.463 e. The van der Waals surface area contributed by atoms with Gasteiger partial charge in [0.2, 0.25) is 0 Å². The summed E-state index contributed by atoms with van der Waals surface area (Å²) >= 11 is 0. The zero-order valence-corrected chi connectivity index (χ0v) is 24.3. The fourth-order valence-electron chi connectivity index (χ4n) is 3.05. The summed E-state index contributed by atoms with van der Waals surface area (Å²) in [7, 11) is 0. The van der Waals surface area contributed by atoms with Crippen LogP contribution in [0.15, 0.2) is 0 Å².